The van der Waals surface area contributed by atoms with Gasteiger partial charge < -0.3 is 14.5 Å². The van der Waals surface area contributed by atoms with E-state index in [2.05, 4.69) is 4.99 Å². The van der Waals surface area contributed by atoms with Crippen LogP contribution >= 0.6 is 22.9 Å². The van der Waals surface area contributed by atoms with Crippen LogP contribution in [-0.2, 0) is 20.9 Å². The lowest BCUT2D eigenvalue weighted by atomic mass is 9.95. The maximum atomic E-state index is 14.4. The number of benzene rings is 3. The number of carbonyl (C=O) groups is 2. The molecule has 0 N–H and O–H groups in total. The Morgan fingerprint density at radius 2 is 1.72 bits per heavy atom. The number of allylic oxidation sites excluding steroid dienone is 1. The number of hydrogen-bond donors (Lipinski definition) is 0. The number of thiazole rings is 1. The molecular formula is C33H29ClN4O4S. The lowest BCUT2D eigenvalue weighted by Crippen LogP contribution is -2.41. The molecule has 43 heavy (non-hydrogen) atoms. The fourth-order valence-corrected chi connectivity index (χ4v) is 6.80. The molecule has 1 atom stereocenters. The SMILES string of the molecule is CCOC(=O)C1=C(C)N=c2s/c(=C3/C(=O)N(Cc4ccc(Cl)cc4)c4ccccc43)c(=O)n2[C@H]1c1ccc(N(C)C)cc1. The Bertz CT molecular complexity index is 1970. The number of aromatic nitrogens is 1. The average Bonchev–Trinajstić information content (AvgIpc) is 3.45. The van der Waals surface area contributed by atoms with E-state index in [1.807, 2.05) is 79.7 Å². The maximum Gasteiger partial charge on any atom is 0.338 e. The molecule has 3 aromatic carbocycles. The maximum absolute atomic E-state index is 14.4. The van der Waals surface area contributed by atoms with Crippen molar-refractivity contribution in [1.29, 1.82) is 0 Å². The van der Waals surface area contributed by atoms with E-state index >= 15 is 0 Å². The number of esters is 1. The summed E-state index contributed by atoms with van der Waals surface area (Å²) in [7, 11) is 3.89. The number of fused-ring (bicyclic) bond motifs is 2. The third-order valence-corrected chi connectivity index (χ3v) is 8.93. The molecule has 1 aromatic heterocycles. The molecule has 10 heteroatoms. The van der Waals surface area contributed by atoms with E-state index in [0.717, 1.165) is 33.8 Å². The molecule has 2 aliphatic rings. The van der Waals surface area contributed by atoms with Gasteiger partial charge in [0.05, 0.1) is 41.7 Å². The van der Waals surface area contributed by atoms with Gasteiger partial charge in [0.1, 0.15) is 4.53 Å². The number of rotatable bonds is 6. The Morgan fingerprint density at radius 3 is 2.40 bits per heavy atom. The number of nitrogens with zero attached hydrogens (tertiary/aromatic N) is 4. The number of carbonyl (C=O) groups excluding carboxylic acids is 2. The highest BCUT2D eigenvalue weighted by Crippen LogP contribution is 2.37. The molecule has 2 aliphatic heterocycles. The smallest absolute Gasteiger partial charge is 0.338 e. The average molecular weight is 613 g/mol. The van der Waals surface area contributed by atoms with Crippen LogP contribution in [0.15, 0.2) is 93.9 Å². The van der Waals surface area contributed by atoms with Crippen LogP contribution in [0.2, 0.25) is 5.02 Å². The zero-order valence-electron chi connectivity index (χ0n) is 24.1. The second-order valence-electron chi connectivity index (χ2n) is 10.5. The van der Waals surface area contributed by atoms with E-state index in [-0.39, 0.29) is 22.6 Å². The number of para-hydroxylation sites is 1. The first-order valence-corrected chi connectivity index (χ1v) is 15.0. The van der Waals surface area contributed by atoms with Crippen LogP contribution in [0.25, 0.3) is 5.57 Å². The summed E-state index contributed by atoms with van der Waals surface area (Å²) in [6.45, 7) is 4.00. The fourth-order valence-electron chi connectivity index (χ4n) is 5.54. The molecule has 3 heterocycles. The Morgan fingerprint density at radius 1 is 1.02 bits per heavy atom. The minimum absolute atomic E-state index is 0.186. The Kier molecular flexibility index (Phi) is 7.54. The second kappa shape index (κ2) is 11.3. The number of hydrogen-bond acceptors (Lipinski definition) is 7. The Labute approximate surface area is 257 Å². The van der Waals surface area contributed by atoms with Crippen molar-refractivity contribution in [2.45, 2.75) is 26.4 Å². The van der Waals surface area contributed by atoms with Crippen molar-refractivity contribution < 1.29 is 14.3 Å². The summed E-state index contributed by atoms with van der Waals surface area (Å²) in [6.07, 6.45) is 0. The molecule has 4 aromatic rings. The van der Waals surface area contributed by atoms with Crippen LogP contribution in [-0.4, -0.2) is 37.1 Å². The first-order chi connectivity index (χ1) is 20.7. The summed E-state index contributed by atoms with van der Waals surface area (Å²) in [5.41, 5.74) is 4.74. The van der Waals surface area contributed by atoms with Crippen molar-refractivity contribution in [2.24, 2.45) is 4.99 Å². The van der Waals surface area contributed by atoms with Crippen molar-refractivity contribution in [3.05, 3.63) is 125 Å². The van der Waals surface area contributed by atoms with Crippen molar-refractivity contribution in [3.8, 4) is 0 Å². The summed E-state index contributed by atoms with van der Waals surface area (Å²) in [6, 6.07) is 21.7. The molecule has 218 valence electrons. The van der Waals surface area contributed by atoms with E-state index in [9.17, 15) is 14.4 Å². The highest BCUT2D eigenvalue weighted by atomic mass is 35.5. The molecule has 6 rings (SSSR count). The van der Waals surface area contributed by atoms with Gasteiger partial charge in [-0.2, -0.15) is 0 Å². The molecule has 0 saturated heterocycles. The summed E-state index contributed by atoms with van der Waals surface area (Å²) in [4.78, 5) is 50.5. The zero-order chi connectivity index (χ0) is 30.4. The lowest BCUT2D eigenvalue weighted by molar-refractivity contribution is -0.139. The quantitative estimate of drug-likeness (QED) is 0.301. The number of halogens is 1. The van der Waals surface area contributed by atoms with Crippen LogP contribution in [0.3, 0.4) is 0 Å². The molecule has 0 saturated carbocycles. The first-order valence-electron chi connectivity index (χ1n) is 13.8. The van der Waals surface area contributed by atoms with Gasteiger partial charge >= 0.3 is 5.97 Å². The van der Waals surface area contributed by atoms with Gasteiger partial charge in [0, 0.05) is 30.4 Å². The summed E-state index contributed by atoms with van der Waals surface area (Å²) in [5, 5.41) is 0.613. The van der Waals surface area contributed by atoms with Crippen LogP contribution in [0.5, 0.6) is 0 Å². The number of amides is 1. The normalized spacial score (nSPS) is 17.0. The standard InChI is InChI=1S/C33H29ClN4O4S/c1-5-42-32(41)26-19(2)35-33-38(28(26)21-12-16-23(17-13-21)36(3)4)31(40)29(43-33)27-24-8-6-7-9-25(24)37(30(27)39)18-20-10-14-22(34)15-11-20/h6-17,28H,5,18H2,1-4H3/b29-27+/t28-/m0/s1. The number of anilines is 2. The van der Waals surface area contributed by atoms with E-state index < -0.39 is 12.0 Å². The van der Waals surface area contributed by atoms with Crippen molar-refractivity contribution in [3.63, 3.8) is 0 Å². The molecule has 0 radical (unpaired) electrons. The van der Waals surface area contributed by atoms with E-state index in [4.69, 9.17) is 16.3 Å². The lowest BCUT2D eigenvalue weighted by Gasteiger charge is -2.25. The van der Waals surface area contributed by atoms with Gasteiger partial charge in [-0.1, -0.05) is 65.4 Å². The Hall–Kier alpha value is -4.47. The summed E-state index contributed by atoms with van der Waals surface area (Å²) >= 11 is 7.24. The largest absolute Gasteiger partial charge is 0.463 e. The topological polar surface area (TPSA) is 84.2 Å². The molecular weight excluding hydrogens is 584 g/mol. The number of ether oxygens (including phenoxy) is 1. The monoisotopic (exact) mass is 612 g/mol. The molecule has 0 bridgehead atoms. The van der Waals surface area contributed by atoms with E-state index in [1.165, 1.54) is 4.57 Å². The molecule has 0 unspecified atom stereocenters. The summed E-state index contributed by atoms with van der Waals surface area (Å²) in [5.74, 6) is -0.797. The zero-order valence-corrected chi connectivity index (χ0v) is 25.7. The van der Waals surface area contributed by atoms with Crippen molar-refractivity contribution >= 4 is 51.8 Å². The third-order valence-electron chi connectivity index (χ3n) is 7.62. The van der Waals surface area contributed by atoms with Crippen LogP contribution in [0.4, 0.5) is 11.4 Å². The van der Waals surface area contributed by atoms with E-state index in [0.29, 0.717) is 38.8 Å². The van der Waals surface area contributed by atoms with Gasteiger partial charge in [0.2, 0.25) is 0 Å². The molecule has 0 spiro atoms. The second-order valence-corrected chi connectivity index (χ2v) is 11.9. The van der Waals surface area contributed by atoms with Gasteiger partial charge in [-0.05, 0) is 55.3 Å². The van der Waals surface area contributed by atoms with E-state index in [1.54, 1.807) is 30.9 Å². The molecule has 1 amide bonds. The highest BCUT2D eigenvalue weighted by molar-refractivity contribution is 7.07. The van der Waals surface area contributed by atoms with Gasteiger partial charge in [-0.3, -0.25) is 14.2 Å². The first kappa shape index (κ1) is 28.6. The van der Waals surface area contributed by atoms with Crippen molar-refractivity contribution in [1.82, 2.24) is 4.57 Å². The third kappa shape index (κ3) is 4.98. The fraction of sp³-hybridized carbons (Fsp3) is 0.212. The van der Waals surface area contributed by atoms with Gasteiger partial charge in [0.15, 0.2) is 4.80 Å². The van der Waals surface area contributed by atoms with Gasteiger partial charge in [-0.15, -0.1) is 0 Å². The highest BCUT2D eigenvalue weighted by Gasteiger charge is 2.37. The van der Waals surface area contributed by atoms with Crippen LogP contribution in [0, 0.1) is 0 Å². The van der Waals surface area contributed by atoms with Gasteiger partial charge in [0.25, 0.3) is 11.5 Å². The summed E-state index contributed by atoms with van der Waals surface area (Å²) < 4.78 is 7.22. The van der Waals surface area contributed by atoms with Crippen LogP contribution < -0.4 is 24.7 Å². The predicted molar refractivity (Wildman–Crippen MR) is 169 cm³/mol. The Balaban J connectivity index is 1.55. The molecule has 8 nitrogen and oxygen atoms in total. The van der Waals surface area contributed by atoms with Crippen LogP contribution in [0.1, 0.15) is 36.6 Å². The minimum Gasteiger partial charge on any atom is -0.463 e. The molecule has 0 aliphatic carbocycles. The predicted octanol–water partition coefficient (Wildman–Crippen LogP) is 4.43. The minimum atomic E-state index is -0.766. The van der Waals surface area contributed by atoms with Crippen molar-refractivity contribution in [2.75, 3.05) is 30.5 Å². The molecule has 0 fully saturated rings. The van der Waals surface area contributed by atoms with Gasteiger partial charge in [-0.25, -0.2) is 9.79 Å².